The minimum atomic E-state index is -0.937. The molecule has 1 unspecified atom stereocenters. The third-order valence-electron chi connectivity index (χ3n) is 2.12. The van der Waals surface area contributed by atoms with E-state index in [1.807, 2.05) is 0 Å². The molecular formula is C11H25NS. The Labute approximate surface area is 85.4 Å². The second kappa shape index (κ2) is 3.66. The fourth-order valence-corrected chi connectivity index (χ4v) is 3.24. The van der Waals surface area contributed by atoms with Crippen LogP contribution in [0.3, 0.4) is 0 Å². The normalized spacial score (nSPS) is 20.5. The van der Waals surface area contributed by atoms with Gasteiger partial charge in [0.1, 0.15) is 0 Å². The van der Waals surface area contributed by atoms with Gasteiger partial charge in [-0.25, -0.2) is 0 Å². The van der Waals surface area contributed by atoms with E-state index in [0.29, 0.717) is 0 Å². The topological polar surface area (TPSA) is 12.0 Å². The van der Waals surface area contributed by atoms with E-state index in [4.69, 9.17) is 0 Å². The molecule has 1 N–H and O–H groups in total. The first kappa shape index (κ1) is 13.1. The minimum Gasteiger partial charge on any atom is -0.272 e. The Morgan fingerprint density at radius 3 is 1.54 bits per heavy atom. The zero-order valence-corrected chi connectivity index (χ0v) is 11.0. The Morgan fingerprint density at radius 1 is 1.08 bits per heavy atom. The Bertz CT molecular complexity index is 185. The van der Waals surface area contributed by atoms with Gasteiger partial charge in [0.2, 0.25) is 0 Å². The number of rotatable bonds is 2. The molecule has 0 aliphatic carbocycles. The van der Waals surface area contributed by atoms with Gasteiger partial charge in [0.05, 0.1) is 0 Å². The van der Waals surface area contributed by atoms with Crippen LogP contribution in [0.5, 0.6) is 0 Å². The molecule has 80 valence electrons. The van der Waals surface area contributed by atoms with Crippen molar-refractivity contribution < 1.29 is 0 Å². The molecule has 2 heteroatoms. The molecular weight excluding hydrogens is 178 g/mol. The summed E-state index contributed by atoms with van der Waals surface area (Å²) in [5.41, 5.74) is 0.158. The van der Waals surface area contributed by atoms with E-state index < -0.39 is 10.2 Å². The Hall–Kier alpha value is 0.0500. The first-order chi connectivity index (χ1) is 5.52. The summed E-state index contributed by atoms with van der Waals surface area (Å²) in [6.45, 7) is 17.4. The molecule has 0 spiro atoms. The smallest absolute Gasteiger partial charge is 0.0186 e. The lowest BCUT2D eigenvalue weighted by Crippen LogP contribution is -2.43. The number of hydrogen-bond acceptors (Lipinski definition) is 1. The Balaban J connectivity index is 4.77. The van der Waals surface area contributed by atoms with E-state index in [1.54, 1.807) is 0 Å². The quantitative estimate of drug-likeness (QED) is 0.722. The molecule has 0 aromatic heterocycles. The van der Waals surface area contributed by atoms with Gasteiger partial charge in [0, 0.05) is 10.3 Å². The lowest BCUT2D eigenvalue weighted by molar-refractivity contribution is 0.524. The summed E-state index contributed by atoms with van der Waals surface area (Å²) in [7, 11) is -0.937. The third kappa shape index (κ3) is 3.74. The average molecular weight is 203 g/mol. The molecule has 1 nitrogen and oxygen atoms in total. The van der Waals surface area contributed by atoms with E-state index >= 15 is 0 Å². The van der Waals surface area contributed by atoms with Crippen molar-refractivity contribution in [2.45, 2.75) is 51.8 Å². The van der Waals surface area contributed by atoms with Crippen LogP contribution >= 0.6 is 10.2 Å². The highest BCUT2D eigenvalue weighted by atomic mass is 32.3. The van der Waals surface area contributed by atoms with Gasteiger partial charge in [0.15, 0.2) is 0 Å². The summed E-state index contributed by atoms with van der Waals surface area (Å²) in [5, 5.41) is 2.10. The van der Waals surface area contributed by atoms with Crippen molar-refractivity contribution in [3.05, 3.63) is 12.0 Å². The highest BCUT2D eigenvalue weighted by Gasteiger charge is 2.32. The van der Waals surface area contributed by atoms with Crippen LogP contribution in [-0.4, -0.2) is 16.5 Å². The molecule has 0 aliphatic rings. The fraction of sp³-hybridized carbons (Fsp3) is 0.818. The predicted molar refractivity (Wildman–Crippen MR) is 66.4 cm³/mol. The molecule has 0 saturated carbocycles. The molecule has 0 aliphatic heterocycles. The van der Waals surface area contributed by atoms with Crippen molar-refractivity contribution in [3.8, 4) is 0 Å². The Morgan fingerprint density at radius 2 is 1.46 bits per heavy atom. The van der Waals surface area contributed by atoms with Crippen LogP contribution in [0.2, 0.25) is 0 Å². The highest BCUT2D eigenvalue weighted by molar-refractivity contribution is 8.35. The van der Waals surface area contributed by atoms with Crippen LogP contribution in [0, 0.1) is 0 Å². The van der Waals surface area contributed by atoms with Gasteiger partial charge >= 0.3 is 0 Å². The maximum Gasteiger partial charge on any atom is 0.0186 e. The Kier molecular flexibility index (Phi) is 3.67. The summed E-state index contributed by atoms with van der Waals surface area (Å²) >= 11 is 0. The second-order valence-electron chi connectivity index (χ2n) is 5.61. The van der Waals surface area contributed by atoms with Gasteiger partial charge in [-0.05, 0) is 32.4 Å². The van der Waals surface area contributed by atoms with Crippen LogP contribution in [-0.2, 0) is 0 Å². The zero-order valence-electron chi connectivity index (χ0n) is 10.2. The standard InChI is InChI=1S/C11H25NS/c1-9-13(8,11(5,6)7)12-10(2,3)4/h9,12H,1H2,2-8H3. The molecule has 13 heavy (non-hydrogen) atoms. The molecule has 0 rings (SSSR count). The second-order valence-corrected chi connectivity index (χ2v) is 9.34. The first-order valence-corrected chi connectivity index (χ1v) is 6.81. The zero-order chi connectivity index (χ0) is 10.9. The van der Waals surface area contributed by atoms with Crippen molar-refractivity contribution in [2.75, 3.05) is 6.26 Å². The summed E-state index contributed by atoms with van der Waals surface area (Å²) < 4.78 is 3.95. The van der Waals surface area contributed by atoms with Crippen LogP contribution in [0.15, 0.2) is 12.0 Å². The summed E-state index contributed by atoms with van der Waals surface area (Å²) in [6.07, 6.45) is 2.28. The van der Waals surface area contributed by atoms with Gasteiger partial charge in [-0.15, -0.1) is 0 Å². The molecule has 0 amide bonds. The van der Waals surface area contributed by atoms with Crippen molar-refractivity contribution in [3.63, 3.8) is 0 Å². The molecule has 0 radical (unpaired) electrons. The van der Waals surface area contributed by atoms with Crippen molar-refractivity contribution in [2.24, 2.45) is 0 Å². The van der Waals surface area contributed by atoms with Crippen molar-refractivity contribution in [1.29, 1.82) is 0 Å². The predicted octanol–water partition coefficient (Wildman–Crippen LogP) is 3.67. The van der Waals surface area contributed by atoms with Crippen LogP contribution in [0.1, 0.15) is 41.5 Å². The van der Waals surface area contributed by atoms with E-state index in [9.17, 15) is 0 Å². The molecule has 0 saturated heterocycles. The van der Waals surface area contributed by atoms with Crippen molar-refractivity contribution >= 4 is 10.2 Å². The highest BCUT2D eigenvalue weighted by Crippen LogP contribution is 2.54. The van der Waals surface area contributed by atoms with Crippen LogP contribution < -0.4 is 4.72 Å². The molecule has 0 fully saturated rings. The maximum absolute atomic E-state index is 3.96. The van der Waals surface area contributed by atoms with Crippen LogP contribution in [0.4, 0.5) is 0 Å². The van der Waals surface area contributed by atoms with Crippen LogP contribution in [0.25, 0.3) is 0 Å². The monoisotopic (exact) mass is 203 g/mol. The van der Waals surface area contributed by atoms with Gasteiger partial charge in [0.25, 0.3) is 0 Å². The lowest BCUT2D eigenvalue weighted by atomic mass is 10.1. The SMILES string of the molecule is C=CS(C)(NC(C)(C)C)C(C)(C)C. The van der Waals surface area contributed by atoms with E-state index in [1.165, 1.54) is 0 Å². The van der Waals surface area contributed by atoms with Gasteiger partial charge in [-0.2, -0.15) is 10.2 Å². The third-order valence-corrected chi connectivity index (χ3v) is 6.37. The van der Waals surface area contributed by atoms with E-state index in [-0.39, 0.29) is 10.3 Å². The number of nitrogens with one attached hydrogen (secondary N) is 1. The average Bonchev–Trinajstić information content (AvgIpc) is 1.81. The summed E-state index contributed by atoms with van der Waals surface area (Å²) in [5.74, 6) is 0. The molecule has 0 bridgehead atoms. The van der Waals surface area contributed by atoms with Gasteiger partial charge in [-0.3, -0.25) is 4.72 Å². The minimum absolute atomic E-state index is 0.158. The summed E-state index contributed by atoms with van der Waals surface area (Å²) in [6, 6.07) is 0. The largest absolute Gasteiger partial charge is 0.272 e. The van der Waals surface area contributed by atoms with Gasteiger partial charge in [-0.1, -0.05) is 27.4 Å². The van der Waals surface area contributed by atoms with Gasteiger partial charge < -0.3 is 0 Å². The molecule has 0 aromatic rings. The maximum atomic E-state index is 3.96. The molecule has 0 aromatic carbocycles. The van der Waals surface area contributed by atoms with Crippen molar-refractivity contribution in [1.82, 2.24) is 4.72 Å². The summed E-state index contributed by atoms with van der Waals surface area (Å²) in [4.78, 5) is 0. The number of hydrogen-bond donors (Lipinski definition) is 1. The lowest BCUT2D eigenvalue weighted by Gasteiger charge is -2.49. The molecule has 0 heterocycles. The van der Waals surface area contributed by atoms with E-state index in [2.05, 4.69) is 64.5 Å². The van der Waals surface area contributed by atoms with E-state index in [0.717, 1.165) is 0 Å². The molecule has 1 atom stereocenters. The first-order valence-electron chi connectivity index (χ1n) is 4.71. The fourth-order valence-electron chi connectivity index (χ4n) is 1.08.